The van der Waals surface area contributed by atoms with Gasteiger partial charge in [0.05, 0.1) is 6.42 Å². The summed E-state index contributed by atoms with van der Waals surface area (Å²) < 4.78 is 0. The minimum atomic E-state index is -0.789. The number of nitrogens with zero attached hydrogens (tertiary/aromatic N) is 3. The summed E-state index contributed by atoms with van der Waals surface area (Å²) in [4.78, 5) is 21.0. The SMILES string of the molecule is CNc1cc(N2CCCC2CC(=O)O)nc(N)n1. The number of carbonyl (C=O) groups is 1. The summed E-state index contributed by atoms with van der Waals surface area (Å²) in [6.45, 7) is 0.803. The number of aliphatic carboxylic acids is 1. The van der Waals surface area contributed by atoms with Crippen molar-refractivity contribution in [2.45, 2.75) is 25.3 Å². The van der Waals surface area contributed by atoms with Crippen LogP contribution in [0.2, 0.25) is 0 Å². The van der Waals surface area contributed by atoms with E-state index in [0.29, 0.717) is 11.6 Å². The van der Waals surface area contributed by atoms with Crippen LogP contribution in [-0.2, 0) is 4.79 Å². The molecule has 0 aromatic carbocycles. The molecule has 18 heavy (non-hydrogen) atoms. The molecule has 0 saturated carbocycles. The van der Waals surface area contributed by atoms with Gasteiger partial charge in [-0.2, -0.15) is 9.97 Å². The number of carboxylic acid groups (broad SMARTS) is 1. The summed E-state index contributed by atoms with van der Waals surface area (Å²) in [6.07, 6.45) is 1.96. The van der Waals surface area contributed by atoms with Gasteiger partial charge in [0.1, 0.15) is 11.6 Å². The molecular formula is C11H17N5O2. The zero-order valence-electron chi connectivity index (χ0n) is 10.3. The van der Waals surface area contributed by atoms with Crippen LogP contribution in [0.5, 0.6) is 0 Å². The van der Waals surface area contributed by atoms with Crippen LogP contribution in [0, 0.1) is 0 Å². The normalized spacial score (nSPS) is 18.9. The van der Waals surface area contributed by atoms with Crippen LogP contribution < -0.4 is 16.0 Å². The van der Waals surface area contributed by atoms with E-state index in [-0.39, 0.29) is 18.4 Å². The lowest BCUT2D eigenvalue weighted by atomic mass is 10.1. The van der Waals surface area contributed by atoms with Gasteiger partial charge in [-0.25, -0.2) is 0 Å². The number of rotatable bonds is 4. The zero-order valence-corrected chi connectivity index (χ0v) is 10.3. The molecule has 4 N–H and O–H groups in total. The van der Waals surface area contributed by atoms with Gasteiger partial charge in [0, 0.05) is 25.7 Å². The van der Waals surface area contributed by atoms with E-state index in [0.717, 1.165) is 19.4 Å². The molecule has 0 amide bonds. The Kier molecular flexibility index (Phi) is 3.50. The fourth-order valence-corrected chi connectivity index (χ4v) is 2.28. The predicted octanol–water partition coefficient (Wildman–Crippen LogP) is 0.544. The van der Waals surface area contributed by atoms with E-state index >= 15 is 0 Å². The maximum Gasteiger partial charge on any atom is 0.305 e. The van der Waals surface area contributed by atoms with Crippen LogP contribution in [0.3, 0.4) is 0 Å². The molecule has 0 bridgehead atoms. The van der Waals surface area contributed by atoms with Crippen molar-refractivity contribution in [2.24, 2.45) is 0 Å². The Morgan fingerprint density at radius 2 is 2.44 bits per heavy atom. The lowest BCUT2D eigenvalue weighted by Gasteiger charge is -2.24. The Morgan fingerprint density at radius 1 is 1.67 bits per heavy atom. The Bertz CT molecular complexity index is 451. The number of hydrogen-bond acceptors (Lipinski definition) is 6. The number of nitrogens with two attached hydrogens (primary N) is 1. The molecular weight excluding hydrogens is 234 g/mol. The van der Waals surface area contributed by atoms with Gasteiger partial charge in [-0.15, -0.1) is 0 Å². The van der Waals surface area contributed by atoms with Crippen molar-refractivity contribution in [3.63, 3.8) is 0 Å². The van der Waals surface area contributed by atoms with Crippen LogP contribution in [0.25, 0.3) is 0 Å². The minimum absolute atomic E-state index is 0.0125. The van der Waals surface area contributed by atoms with Crippen molar-refractivity contribution < 1.29 is 9.90 Å². The molecule has 1 unspecified atom stereocenters. The third kappa shape index (κ3) is 2.61. The maximum absolute atomic E-state index is 10.8. The molecule has 1 fully saturated rings. The first-order valence-corrected chi connectivity index (χ1v) is 5.91. The van der Waals surface area contributed by atoms with E-state index in [9.17, 15) is 4.79 Å². The monoisotopic (exact) mass is 251 g/mol. The molecule has 7 heteroatoms. The van der Waals surface area contributed by atoms with Gasteiger partial charge < -0.3 is 21.1 Å². The Morgan fingerprint density at radius 3 is 3.11 bits per heavy atom. The van der Waals surface area contributed by atoms with E-state index < -0.39 is 5.97 Å². The van der Waals surface area contributed by atoms with E-state index in [1.165, 1.54) is 0 Å². The molecule has 1 aromatic heterocycles. The molecule has 1 atom stereocenters. The van der Waals surface area contributed by atoms with Gasteiger partial charge >= 0.3 is 5.97 Å². The summed E-state index contributed by atoms with van der Waals surface area (Å²) in [5, 5.41) is 11.8. The molecule has 1 aliphatic rings. The first kappa shape index (κ1) is 12.4. The topological polar surface area (TPSA) is 104 Å². The van der Waals surface area contributed by atoms with Gasteiger partial charge in [0.2, 0.25) is 5.95 Å². The molecule has 2 heterocycles. The summed E-state index contributed by atoms with van der Waals surface area (Å²) >= 11 is 0. The van der Waals surface area contributed by atoms with Crippen LogP contribution >= 0.6 is 0 Å². The highest BCUT2D eigenvalue weighted by molar-refractivity contribution is 5.68. The summed E-state index contributed by atoms with van der Waals surface area (Å²) in [7, 11) is 1.75. The molecule has 98 valence electrons. The standard InChI is InChI=1S/C11H17N5O2/c1-13-8-6-9(15-11(12)14-8)16-4-2-3-7(16)5-10(17)18/h6-7H,2-5H2,1H3,(H,17,18)(H3,12,13,14,15). The zero-order chi connectivity index (χ0) is 13.1. The Labute approximate surface area is 105 Å². The van der Waals surface area contributed by atoms with Crippen molar-refractivity contribution in [1.29, 1.82) is 0 Å². The molecule has 1 aromatic rings. The molecule has 0 spiro atoms. The number of nitrogens with one attached hydrogen (secondary N) is 1. The lowest BCUT2D eigenvalue weighted by Crippen LogP contribution is -2.32. The van der Waals surface area contributed by atoms with E-state index in [1.807, 2.05) is 4.90 Å². The number of carboxylic acids is 1. The molecule has 0 radical (unpaired) electrons. The van der Waals surface area contributed by atoms with E-state index in [1.54, 1.807) is 13.1 Å². The second-order valence-corrected chi connectivity index (χ2v) is 4.31. The average Bonchev–Trinajstić information content (AvgIpc) is 2.75. The Hall–Kier alpha value is -2.05. The number of nitrogen functional groups attached to an aromatic ring is 1. The Balaban J connectivity index is 2.24. The fraction of sp³-hybridized carbons (Fsp3) is 0.545. The average molecular weight is 251 g/mol. The highest BCUT2D eigenvalue weighted by Gasteiger charge is 2.28. The van der Waals surface area contributed by atoms with Gasteiger partial charge in [-0.3, -0.25) is 4.79 Å². The quantitative estimate of drug-likeness (QED) is 0.717. The lowest BCUT2D eigenvalue weighted by molar-refractivity contribution is -0.137. The summed E-state index contributed by atoms with van der Waals surface area (Å²) in [5.41, 5.74) is 5.64. The van der Waals surface area contributed by atoms with Gasteiger partial charge in [-0.1, -0.05) is 0 Å². The van der Waals surface area contributed by atoms with E-state index in [2.05, 4.69) is 15.3 Å². The van der Waals surface area contributed by atoms with Crippen LogP contribution in [0.15, 0.2) is 6.07 Å². The second-order valence-electron chi connectivity index (χ2n) is 4.31. The first-order chi connectivity index (χ1) is 8.60. The van der Waals surface area contributed by atoms with Gasteiger partial charge in [0.15, 0.2) is 0 Å². The highest BCUT2D eigenvalue weighted by atomic mass is 16.4. The number of aromatic nitrogens is 2. The van der Waals surface area contributed by atoms with Gasteiger partial charge in [-0.05, 0) is 12.8 Å². The van der Waals surface area contributed by atoms with Crippen molar-refractivity contribution >= 4 is 23.6 Å². The maximum atomic E-state index is 10.8. The van der Waals surface area contributed by atoms with E-state index in [4.69, 9.17) is 10.8 Å². The largest absolute Gasteiger partial charge is 0.481 e. The minimum Gasteiger partial charge on any atom is -0.481 e. The van der Waals surface area contributed by atoms with Crippen molar-refractivity contribution in [2.75, 3.05) is 29.5 Å². The summed E-state index contributed by atoms with van der Waals surface area (Å²) in [6, 6.07) is 1.78. The van der Waals surface area contributed by atoms with Crippen molar-refractivity contribution in [1.82, 2.24) is 9.97 Å². The van der Waals surface area contributed by atoms with Gasteiger partial charge in [0.25, 0.3) is 0 Å². The highest BCUT2D eigenvalue weighted by Crippen LogP contribution is 2.27. The van der Waals surface area contributed by atoms with Crippen molar-refractivity contribution in [3.8, 4) is 0 Å². The van der Waals surface area contributed by atoms with Crippen LogP contribution in [-0.4, -0.2) is 40.7 Å². The third-order valence-electron chi connectivity index (χ3n) is 3.07. The first-order valence-electron chi connectivity index (χ1n) is 5.91. The molecule has 7 nitrogen and oxygen atoms in total. The van der Waals surface area contributed by atoms with Crippen LogP contribution in [0.1, 0.15) is 19.3 Å². The molecule has 0 aliphatic carbocycles. The molecule has 2 rings (SSSR count). The fourth-order valence-electron chi connectivity index (χ4n) is 2.28. The van der Waals surface area contributed by atoms with Crippen molar-refractivity contribution in [3.05, 3.63) is 6.07 Å². The molecule has 1 saturated heterocycles. The smallest absolute Gasteiger partial charge is 0.305 e. The molecule has 1 aliphatic heterocycles. The second kappa shape index (κ2) is 5.07. The number of hydrogen-bond donors (Lipinski definition) is 3. The predicted molar refractivity (Wildman–Crippen MR) is 68.6 cm³/mol. The van der Waals surface area contributed by atoms with Crippen LogP contribution in [0.4, 0.5) is 17.6 Å². The number of anilines is 3. The summed E-state index contributed by atoms with van der Waals surface area (Å²) in [5.74, 6) is 0.731. The third-order valence-corrected chi connectivity index (χ3v) is 3.07.